The van der Waals surface area contributed by atoms with Crippen molar-refractivity contribution in [2.75, 3.05) is 18.1 Å². The third-order valence-corrected chi connectivity index (χ3v) is 5.56. The van der Waals surface area contributed by atoms with Gasteiger partial charge in [0, 0.05) is 6.04 Å². The molecule has 4 nitrogen and oxygen atoms in total. The number of nitrogens with zero attached hydrogens (tertiary/aromatic N) is 1. The third kappa shape index (κ3) is 3.38. The van der Waals surface area contributed by atoms with E-state index in [1.807, 2.05) is 18.2 Å². The lowest BCUT2D eigenvalue weighted by Gasteiger charge is -2.25. The summed E-state index contributed by atoms with van der Waals surface area (Å²) in [7, 11) is -2.92. The van der Waals surface area contributed by atoms with Crippen LogP contribution in [0, 0.1) is 17.2 Å². The Morgan fingerprint density at radius 3 is 2.80 bits per heavy atom. The Morgan fingerprint density at radius 1 is 1.45 bits per heavy atom. The fraction of sp³-hybridized carbons (Fsp3) is 0.533. The van der Waals surface area contributed by atoms with Gasteiger partial charge in [0.05, 0.1) is 23.1 Å². The van der Waals surface area contributed by atoms with Gasteiger partial charge < -0.3 is 5.32 Å². The molecule has 1 fully saturated rings. The molecule has 1 N–H and O–H groups in total. The highest BCUT2D eigenvalue weighted by molar-refractivity contribution is 7.91. The molecule has 1 aliphatic heterocycles. The molecule has 0 aromatic heterocycles. The first-order valence-electron chi connectivity index (χ1n) is 7.00. The topological polar surface area (TPSA) is 70.0 Å². The Bertz CT molecular complexity index is 605. The van der Waals surface area contributed by atoms with Crippen LogP contribution in [0.1, 0.15) is 36.9 Å². The maximum absolute atomic E-state index is 11.7. The molecular formula is C15H20N2O2S. The Balaban J connectivity index is 2.30. The van der Waals surface area contributed by atoms with Crippen LogP contribution in [0.25, 0.3) is 0 Å². The molecule has 1 aliphatic rings. The van der Waals surface area contributed by atoms with Crippen molar-refractivity contribution in [3.63, 3.8) is 0 Å². The maximum Gasteiger partial charge on any atom is 0.150 e. The molecule has 0 aliphatic carbocycles. The second-order valence-corrected chi connectivity index (χ2v) is 7.52. The Hall–Kier alpha value is -1.38. The molecule has 1 saturated heterocycles. The van der Waals surface area contributed by atoms with Crippen molar-refractivity contribution >= 4 is 9.84 Å². The molecular weight excluding hydrogens is 272 g/mol. The van der Waals surface area contributed by atoms with Crippen molar-refractivity contribution in [1.82, 2.24) is 5.32 Å². The van der Waals surface area contributed by atoms with Crippen molar-refractivity contribution in [2.24, 2.45) is 5.92 Å². The number of hydrogen-bond donors (Lipinski definition) is 1. The van der Waals surface area contributed by atoms with E-state index in [2.05, 4.69) is 18.3 Å². The highest BCUT2D eigenvalue weighted by atomic mass is 32.2. The second kappa shape index (κ2) is 6.38. The minimum Gasteiger partial charge on any atom is -0.310 e. The van der Waals surface area contributed by atoms with E-state index in [0.29, 0.717) is 12.0 Å². The van der Waals surface area contributed by atoms with Crippen LogP contribution in [0.5, 0.6) is 0 Å². The highest BCUT2D eigenvalue weighted by Gasteiger charge is 2.34. The minimum atomic E-state index is -2.92. The standard InChI is InChI=1S/C15H20N2O2S/c1-2-8-17-15(13-7-9-20(18,19)11-13)14-6-4-3-5-12(14)10-16/h3-6,13,15,17H,2,7-9,11H2,1H3. The zero-order chi connectivity index (χ0) is 14.6. The van der Waals surface area contributed by atoms with E-state index in [9.17, 15) is 13.7 Å². The molecule has 20 heavy (non-hydrogen) atoms. The summed E-state index contributed by atoms with van der Waals surface area (Å²) in [4.78, 5) is 0. The first-order chi connectivity index (χ1) is 9.57. The van der Waals surface area contributed by atoms with E-state index in [4.69, 9.17) is 0 Å². The Kier molecular flexibility index (Phi) is 4.79. The second-order valence-electron chi connectivity index (χ2n) is 5.29. The van der Waals surface area contributed by atoms with Gasteiger partial charge in [0.25, 0.3) is 0 Å². The van der Waals surface area contributed by atoms with Crippen LogP contribution in [0.15, 0.2) is 24.3 Å². The number of hydrogen-bond acceptors (Lipinski definition) is 4. The summed E-state index contributed by atoms with van der Waals surface area (Å²) in [6, 6.07) is 9.61. The van der Waals surface area contributed by atoms with Crippen molar-refractivity contribution in [2.45, 2.75) is 25.8 Å². The summed E-state index contributed by atoms with van der Waals surface area (Å²) >= 11 is 0. The van der Waals surface area contributed by atoms with Crippen molar-refractivity contribution in [1.29, 1.82) is 5.26 Å². The number of benzene rings is 1. The predicted molar refractivity (Wildman–Crippen MR) is 79.0 cm³/mol. The molecule has 2 unspecified atom stereocenters. The minimum absolute atomic E-state index is 0.0527. The van der Waals surface area contributed by atoms with E-state index in [0.717, 1.165) is 18.5 Å². The highest BCUT2D eigenvalue weighted by Crippen LogP contribution is 2.32. The van der Waals surface area contributed by atoms with Crippen LogP contribution in [0.2, 0.25) is 0 Å². The average molecular weight is 292 g/mol. The van der Waals surface area contributed by atoms with Crippen molar-refractivity contribution in [3.8, 4) is 6.07 Å². The Labute approximate surface area is 120 Å². The summed E-state index contributed by atoms with van der Waals surface area (Å²) in [5, 5.41) is 12.7. The molecule has 0 bridgehead atoms. The van der Waals surface area contributed by atoms with E-state index in [1.54, 1.807) is 6.07 Å². The largest absolute Gasteiger partial charge is 0.310 e. The lowest BCUT2D eigenvalue weighted by Crippen LogP contribution is -2.30. The number of nitrogens with one attached hydrogen (secondary N) is 1. The van der Waals surface area contributed by atoms with E-state index in [1.165, 1.54) is 0 Å². The lowest BCUT2D eigenvalue weighted by atomic mass is 9.89. The van der Waals surface area contributed by atoms with Gasteiger partial charge in [0.1, 0.15) is 0 Å². The van der Waals surface area contributed by atoms with Gasteiger partial charge in [0.15, 0.2) is 9.84 Å². The number of rotatable bonds is 5. The summed E-state index contributed by atoms with van der Waals surface area (Å²) in [6.07, 6.45) is 1.65. The van der Waals surface area contributed by atoms with Gasteiger partial charge in [-0.3, -0.25) is 0 Å². The van der Waals surface area contributed by atoms with Gasteiger partial charge in [0.2, 0.25) is 0 Å². The van der Waals surface area contributed by atoms with Gasteiger partial charge in [-0.05, 0) is 36.9 Å². The number of nitriles is 1. The SMILES string of the molecule is CCCNC(c1ccccc1C#N)C1CCS(=O)(=O)C1. The molecule has 1 heterocycles. The number of sulfone groups is 1. The zero-order valence-electron chi connectivity index (χ0n) is 11.7. The van der Waals surface area contributed by atoms with E-state index >= 15 is 0 Å². The molecule has 108 valence electrons. The summed E-state index contributed by atoms with van der Waals surface area (Å²) < 4.78 is 23.4. The van der Waals surface area contributed by atoms with Crippen LogP contribution < -0.4 is 5.32 Å². The van der Waals surface area contributed by atoms with Crippen LogP contribution >= 0.6 is 0 Å². The molecule has 2 atom stereocenters. The van der Waals surface area contributed by atoms with Crippen LogP contribution in [-0.4, -0.2) is 26.5 Å². The van der Waals surface area contributed by atoms with Gasteiger partial charge in [-0.2, -0.15) is 5.26 Å². The summed E-state index contributed by atoms with van der Waals surface area (Å²) in [5.74, 6) is 0.534. The van der Waals surface area contributed by atoms with Crippen molar-refractivity contribution < 1.29 is 8.42 Å². The fourth-order valence-electron chi connectivity index (χ4n) is 2.79. The maximum atomic E-state index is 11.7. The van der Waals surface area contributed by atoms with E-state index < -0.39 is 9.84 Å². The van der Waals surface area contributed by atoms with Gasteiger partial charge in [-0.15, -0.1) is 0 Å². The zero-order valence-corrected chi connectivity index (χ0v) is 12.5. The van der Waals surface area contributed by atoms with E-state index in [-0.39, 0.29) is 23.5 Å². The first-order valence-corrected chi connectivity index (χ1v) is 8.82. The van der Waals surface area contributed by atoms with Crippen LogP contribution in [0.3, 0.4) is 0 Å². The molecule has 0 amide bonds. The molecule has 1 aromatic rings. The monoisotopic (exact) mass is 292 g/mol. The average Bonchev–Trinajstić information content (AvgIpc) is 2.80. The third-order valence-electron chi connectivity index (χ3n) is 3.77. The molecule has 0 saturated carbocycles. The summed E-state index contributed by atoms with van der Waals surface area (Å²) in [6.45, 7) is 2.90. The normalized spacial score (nSPS) is 22.3. The van der Waals surface area contributed by atoms with Crippen molar-refractivity contribution in [3.05, 3.63) is 35.4 Å². The fourth-order valence-corrected chi connectivity index (χ4v) is 4.63. The predicted octanol–water partition coefficient (Wildman–Crippen LogP) is 2.03. The first kappa shape index (κ1) is 15.0. The molecule has 5 heteroatoms. The van der Waals surface area contributed by atoms with Crippen LogP contribution in [0.4, 0.5) is 0 Å². The lowest BCUT2D eigenvalue weighted by molar-refractivity contribution is 0.392. The molecule has 0 radical (unpaired) electrons. The van der Waals surface area contributed by atoms with Gasteiger partial charge in [-0.25, -0.2) is 8.42 Å². The Morgan fingerprint density at radius 2 is 2.20 bits per heavy atom. The van der Waals surface area contributed by atoms with Crippen LogP contribution in [-0.2, 0) is 9.84 Å². The molecule has 1 aromatic carbocycles. The molecule has 2 rings (SSSR count). The van der Waals surface area contributed by atoms with Gasteiger partial charge >= 0.3 is 0 Å². The summed E-state index contributed by atoms with van der Waals surface area (Å²) in [5.41, 5.74) is 1.55. The quantitative estimate of drug-likeness (QED) is 0.901. The van der Waals surface area contributed by atoms with Gasteiger partial charge in [-0.1, -0.05) is 25.1 Å². The molecule has 0 spiro atoms. The smallest absolute Gasteiger partial charge is 0.150 e.